The largest absolute Gasteiger partial charge is 0.481 e. The number of carboxylic acid groups (broad SMARTS) is 1. The van der Waals surface area contributed by atoms with Gasteiger partial charge in [0.2, 0.25) is 0 Å². The number of carbonyl (C=O) groups is 1. The summed E-state index contributed by atoms with van der Waals surface area (Å²) >= 11 is 0. The lowest BCUT2D eigenvalue weighted by molar-refractivity contribution is -0.138. The van der Waals surface area contributed by atoms with Gasteiger partial charge >= 0.3 is 5.97 Å². The number of nitrogens with zero attached hydrogens (tertiary/aromatic N) is 2. The number of hydrogen-bond donors (Lipinski definition) is 1. The van der Waals surface area contributed by atoms with Crippen LogP contribution in [0.1, 0.15) is 12.8 Å². The zero-order valence-electron chi connectivity index (χ0n) is 9.52. The lowest BCUT2D eigenvalue weighted by Gasteiger charge is -2.36. The quantitative estimate of drug-likeness (QED) is 0.717. The summed E-state index contributed by atoms with van der Waals surface area (Å²) in [6.07, 6.45) is 1.52. The smallest absolute Gasteiger partial charge is 0.303 e. The van der Waals surface area contributed by atoms with E-state index in [0.29, 0.717) is 24.3 Å². The maximum absolute atomic E-state index is 10.8. The molecule has 2 saturated heterocycles. The second-order valence-corrected chi connectivity index (χ2v) is 5.08. The lowest BCUT2D eigenvalue weighted by atomic mass is 9.84. The molecular formula is C11H20N2O2. The molecule has 3 atom stereocenters. The average Bonchev–Trinajstić information content (AvgIpc) is 2.42. The first-order chi connectivity index (χ1) is 7.08. The van der Waals surface area contributed by atoms with Crippen LogP contribution in [0.4, 0.5) is 0 Å². The molecule has 15 heavy (non-hydrogen) atoms. The van der Waals surface area contributed by atoms with E-state index in [-0.39, 0.29) is 0 Å². The number of likely N-dealkylation sites (tertiary alicyclic amines) is 2. The Hall–Kier alpha value is -0.610. The second kappa shape index (κ2) is 4.10. The van der Waals surface area contributed by atoms with Crippen LogP contribution in [0.3, 0.4) is 0 Å². The normalized spacial score (nSPS) is 37.9. The molecule has 86 valence electrons. The van der Waals surface area contributed by atoms with Gasteiger partial charge in [-0.3, -0.25) is 4.79 Å². The predicted octanol–water partition coefficient (Wildman–Crippen LogP) is 0.343. The average molecular weight is 212 g/mol. The van der Waals surface area contributed by atoms with Gasteiger partial charge in [-0.25, -0.2) is 0 Å². The highest BCUT2D eigenvalue weighted by atomic mass is 16.4. The van der Waals surface area contributed by atoms with E-state index in [1.54, 1.807) is 0 Å². The van der Waals surface area contributed by atoms with Crippen LogP contribution < -0.4 is 0 Å². The molecule has 2 aliphatic heterocycles. The van der Waals surface area contributed by atoms with E-state index >= 15 is 0 Å². The number of rotatable bonds is 2. The summed E-state index contributed by atoms with van der Waals surface area (Å²) in [6, 6.07) is 0.616. The first-order valence-corrected chi connectivity index (χ1v) is 5.68. The Morgan fingerprint density at radius 1 is 1.40 bits per heavy atom. The third-order valence-corrected chi connectivity index (χ3v) is 3.95. The van der Waals surface area contributed by atoms with Crippen molar-refractivity contribution in [3.63, 3.8) is 0 Å². The van der Waals surface area contributed by atoms with Crippen molar-refractivity contribution in [3.8, 4) is 0 Å². The maximum atomic E-state index is 10.8. The predicted molar refractivity (Wildman–Crippen MR) is 57.8 cm³/mol. The highest BCUT2D eigenvalue weighted by Crippen LogP contribution is 2.35. The summed E-state index contributed by atoms with van der Waals surface area (Å²) in [7, 11) is 4.26. The van der Waals surface area contributed by atoms with Crippen molar-refractivity contribution in [3.05, 3.63) is 0 Å². The Balaban J connectivity index is 2.04. The van der Waals surface area contributed by atoms with Gasteiger partial charge in [0.25, 0.3) is 0 Å². The van der Waals surface area contributed by atoms with Gasteiger partial charge in [-0.1, -0.05) is 0 Å². The summed E-state index contributed by atoms with van der Waals surface area (Å²) in [5.74, 6) is 0.257. The van der Waals surface area contributed by atoms with Crippen LogP contribution in [0.5, 0.6) is 0 Å². The monoisotopic (exact) mass is 212 g/mol. The Morgan fingerprint density at radius 2 is 2.13 bits per heavy atom. The summed E-state index contributed by atoms with van der Waals surface area (Å²) < 4.78 is 0. The van der Waals surface area contributed by atoms with Crippen molar-refractivity contribution in [1.82, 2.24) is 9.80 Å². The zero-order chi connectivity index (χ0) is 11.0. The number of carboxylic acids is 1. The molecule has 3 unspecified atom stereocenters. The summed E-state index contributed by atoms with van der Waals surface area (Å²) in [5, 5.41) is 8.88. The summed E-state index contributed by atoms with van der Waals surface area (Å²) in [4.78, 5) is 15.5. The Kier molecular flexibility index (Phi) is 2.98. The van der Waals surface area contributed by atoms with E-state index in [1.807, 2.05) is 0 Å². The SMILES string of the molecule is CN1CCC2C(C1)C(CC(=O)O)CN2C. The molecule has 1 N–H and O–H groups in total. The Morgan fingerprint density at radius 3 is 2.80 bits per heavy atom. The minimum Gasteiger partial charge on any atom is -0.481 e. The summed E-state index contributed by atoms with van der Waals surface area (Å²) in [5.41, 5.74) is 0. The first kappa shape index (κ1) is 10.9. The molecule has 2 heterocycles. The van der Waals surface area contributed by atoms with Crippen molar-refractivity contribution < 1.29 is 9.90 Å². The number of fused-ring (bicyclic) bond motifs is 1. The lowest BCUT2D eigenvalue weighted by Crippen LogP contribution is -2.44. The molecule has 0 spiro atoms. The van der Waals surface area contributed by atoms with Gasteiger partial charge in [0.15, 0.2) is 0 Å². The molecule has 4 heteroatoms. The molecule has 2 rings (SSSR count). The molecule has 0 aromatic rings. The third kappa shape index (κ3) is 2.16. The number of piperidine rings is 1. The molecule has 2 fully saturated rings. The number of hydrogen-bond acceptors (Lipinski definition) is 3. The van der Waals surface area contributed by atoms with Crippen LogP contribution >= 0.6 is 0 Å². The topological polar surface area (TPSA) is 43.8 Å². The van der Waals surface area contributed by atoms with Crippen LogP contribution in [-0.4, -0.2) is 60.6 Å². The van der Waals surface area contributed by atoms with E-state index in [4.69, 9.17) is 5.11 Å². The highest BCUT2D eigenvalue weighted by Gasteiger charge is 2.42. The van der Waals surface area contributed by atoms with Crippen LogP contribution in [0.2, 0.25) is 0 Å². The van der Waals surface area contributed by atoms with Gasteiger partial charge < -0.3 is 14.9 Å². The van der Waals surface area contributed by atoms with Gasteiger partial charge in [-0.2, -0.15) is 0 Å². The van der Waals surface area contributed by atoms with E-state index < -0.39 is 5.97 Å². The minimum absolute atomic E-state index is 0.333. The maximum Gasteiger partial charge on any atom is 0.303 e. The highest BCUT2D eigenvalue weighted by molar-refractivity contribution is 5.67. The van der Waals surface area contributed by atoms with Crippen LogP contribution in [0.15, 0.2) is 0 Å². The fourth-order valence-corrected chi connectivity index (χ4v) is 3.23. The molecule has 2 aliphatic rings. The van der Waals surface area contributed by atoms with Gasteiger partial charge in [-0.15, -0.1) is 0 Å². The van der Waals surface area contributed by atoms with Crippen molar-refractivity contribution in [2.24, 2.45) is 11.8 Å². The number of aliphatic carboxylic acids is 1. The minimum atomic E-state index is -0.651. The molecule has 0 bridgehead atoms. The Bertz CT molecular complexity index is 257. The van der Waals surface area contributed by atoms with E-state index in [2.05, 4.69) is 23.9 Å². The Labute approximate surface area is 90.9 Å². The molecule has 4 nitrogen and oxygen atoms in total. The van der Waals surface area contributed by atoms with Crippen molar-refractivity contribution >= 4 is 5.97 Å². The molecule has 0 amide bonds. The zero-order valence-corrected chi connectivity index (χ0v) is 9.52. The van der Waals surface area contributed by atoms with Crippen LogP contribution in [-0.2, 0) is 4.79 Å². The van der Waals surface area contributed by atoms with Crippen molar-refractivity contribution in [1.29, 1.82) is 0 Å². The standard InChI is InChI=1S/C11H20N2O2/c1-12-4-3-10-9(7-12)8(5-11(14)15)6-13(10)2/h8-10H,3-7H2,1-2H3,(H,14,15). The van der Waals surface area contributed by atoms with Gasteiger partial charge in [0.05, 0.1) is 0 Å². The third-order valence-electron chi connectivity index (χ3n) is 3.95. The molecule has 0 aromatic heterocycles. The fraction of sp³-hybridized carbons (Fsp3) is 0.909. The molecule has 0 saturated carbocycles. The van der Waals surface area contributed by atoms with Crippen LogP contribution in [0.25, 0.3) is 0 Å². The van der Waals surface area contributed by atoms with Gasteiger partial charge in [0, 0.05) is 25.6 Å². The van der Waals surface area contributed by atoms with Gasteiger partial charge in [-0.05, 0) is 38.9 Å². The molecule has 0 aliphatic carbocycles. The van der Waals surface area contributed by atoms with E-state index in [1.165, 1.54) is 6.42 Å². The fourth-order valence-electron chi connectivity index (χ4n) is 3.23. The second-order valence-electron chi connectivity index (χ2n) is 5.08. The molecule has 0 radical (unpaired) electrons. The van der Waals surface area contributed by atoms with E-state index in [9.17, 15) is 4.79 Å². The summed E-state index contributed by atoms with van der Waals surface area (Å²) in [6.45, 7) is 3.16. The van der Waals surface area contributed by atoms with Gasteiger partial charge in [0.1, 0.15) is 0 Å². The molecule has 0 aromatic carbocycles. The van der Waals surface area contributed by atoms with Crippen LogP contribution in [0, 0.1) is 11.8 Å². The molecular weight excluding hydrogens is 192 g/mol. The van der Waals surface area contributed by atoms with Crippen molar-refractivity contribution in [2.75, 3.05) is 33.7 Å². The van der Waals surface area contributed by atoms with E-state index in [0.717, 1.165) is 19.6 Å². The van der Waals surface area contributed by atoms with Crippen molar-refractivity contribution in [2.45, 2.75) is 18.9 Å². The first-order valence-electron chi connectivity index (χ1n) is 5.68.